The summed E-state index contributed by atoms with van der Waals surface area (Å²) in [5.74, 6) is 1.19. The molecule has 0 saturated carbocycles. The van der Waals surface area contributed by atoms with Crippen molar-refractivity contribution in [2.75, 3.05) is 11.1 Å². The van der Waals surface area contributed by atoms with Gasteiger partial charge in [-0.05, 0) is 30.9 Å². The molecule has 176 valence electrons. The van der Waals surface area contributed by atoms with E-state index in [1.807, 2.05) is 55.5 Å². The van der Waals surface area contributed by atoms with E-state index >= 15 is 0 Å². The van der Waals surface area contributed by atoms with Crippen LogP contribution in [0, 0.1) is 0 Å². The second-order valence-electron chi connectivity index (χ2n) is 7.94. The van der Waals surface area contributed by atoms with Crippen LogP contribution in [0.15, 0.2) is 81.6 Å². The first kappa shape index (κ1) is 23.1. The van der Waals surface area contributed by atoms with Crippen LogP contribution >= 0.6 is 23.4 Å². The summed E-state index contributed by atoms with van der Waals surface area (Å²) in [5, 5.41) is 5.39. The van der Waals surface area contributed by atoms with E-state index in [0.717, 1.165) is 10.6 Å². The Morgan fingerprint density at radius 1 is 1.06 bits per heavy atom. The minimum absolute atomic E-state index is 0.152. The van der Waals surface area contributed by atoms with Gasteiger partial charge >= 0.3 is 0 Å². The van der Waals surface area contributed by atoms with Crippen LogP contribution in [0.4, 0.5) is 5.82 Å². The average Bonchev–Trinajstić information content (AvgIpc) is 2.87. The second-order valence-corrected chi connectivity index (χ2v) is 9.62. The van der Waals surface area contributed by atoms with Gasteiger partial charge in [-0.15, -0.1) is 11.8 Å². The topological polar surface area (TPSA) is 92.7 Å². The Hall–Kier alpha value is -3.62. The molecule has 0 aliphatic carbocycles. The molecule has 5 rings (SSSR count). The van der Waals surface area contributed by atoms with Crippen LogP contribution in [0.2, 0.25) is 5.02 Å². The molecule has 0 radical (unpaired) electrons. The zero-order valence-corrected chi connectivity index (χ0v) is 20.7. The smallest absolute Gasteiger partial charge is 0.264 e. The molecule has 0 aliphatic heterocycles. The molecule has 2 aromatic carbocycles. The molecule has 1 atom stereocenters. The first-order chi connectivity index (χ1) is 17.0. The van der Waals surface area contributed by atoms with Crippen molar-refractivity contribution in [1.29, 1.82) is 0 Å². The zero-order valence-electron chi connectivity index (χ0n) is 19.1. The lowest BCUT2D eigenvalue weighted by Gasteiger charge is -2.24. The number of aromatic amines is 1. The summed E-state index contributed by atoms with van der Waals surface area (Å²) in [6, 6.07) is 16.1. The highest BCUT2D eigenvalue weighted by atomic mass is 35.5. The van der Waals surface area contributed by atoms with Crippen molar-refractivity contribution in [3.05, 3.63) is 98.4 Å². The Balaban J connectivity index is 1.77. The molecule has 3 heterocycles. The molecule has 2 N–H and O–H groups in total. The van der Waals surface area contributed by atoms with Crippen molar-refractivity contribution in [1.82, 2.24) is 19.5 Å². The quantitative estimate of drug-likeness (QED) is 0.295. The summed E-state index contributed by atoms with van der Waals surface area (Å²) in [6.45, 7) is 3.94. The van der Waals surface area contributed by atoms with Crippen molar-refractivity contribution < 1.29 is 0 Å². The van der Waals surface area contributed by atoms with Crippen molar-refractivity contribution in [3.63, 3.8) is 0 Å². The zero-order chi connectivity index (χ0) is 24.5. The Labute approximate surface area is 210 Å². The van der Waals surface area contributed by atoms with E-state index in [2.05, 4.69) is 27.2 Å². The van der Waals surface area contributed by atoms with Gasteiger partial charge in [0.1, 0.15) is 23.2 Å². The number of benzene rings is 2. The molecular formula is C26H22ClN5O2S. The SMILES string of the molecule is CCSc1cccc2c(Cl)c([C@H](C)Nc3ncnc4[nH]ccc(=O)c34)n(-c3ccccc3)c(=O)c12. The second kappa shape index (κ2) is 9.56. The number of anilines is 1. The summed E-state index contributed by atoms with van der Waals surface area (Å²) >= 11 is 8.65. The lowest BCUT2D eigenvalue weighted by molar-refractivity contribution is 0.774. The monoisotopic (exact) mass is 503 g/mol. The summed E-state index contributed by atoms with van der Waals surface area (Å²) in [4.78, 5) is 38.9. The van der Waals surface area contributed by atoms with Crippen LogP contribution in [-0.2, 0) is 0 Å². The molecule has 0 unspecified atom stereocenters. The maximum absolute atomic E-state index is 14.0. The van der Waals surface area contributed by atoms with Crippen molar-refractivity contribution in [2.24, 2.45) is 0 Å². The van der Waals surface area contributed by atoms with Gasteiger partial charge in [-0.25, -0.2) is 9.97 Å². The Morgan fingerprint density at radius 3 is 2.63 bits per heavy atom. The Kier molecular flexibility index (Phi) is 6.32. The lowest BCUT2D eigenvalue weighted by Crippen LogP contribution is -2.27. The number of fused-ring (bicyclic) bond motifs is 2. The number of hydrogen-bond donors (Lipinski definition) is 2. The van der Waals surface area contributed by atoms with E-state index in [-0.39, 0.29) is 11.0 Å². The molecule has 0 aliphatic rings. The van der Waals surface area contributed by atoms with Crippen molar-refractivity contribution in [3.8, 4) is 5.69 Å². The van der Waals surface area contributed by atoms with Gasteiger partial charge in [0.15, 0.2) is 5.43 Å². The molecule has 5 aromatic rings. The third kappa shape index (κ3) is 4.09. The third-order valence-corrected chi connectivity index (χ3v) is 7.11. The first-order valence-electron chi connectivity index (χ1n) is 11.2. The van der Waals surface area contributed by atoms with Gasteiger partial charge < -0.3 is 10.3 Å². The maximum atomic E-state index is 14.0. The lowest BCUT2D eigenvalue weighted by atomic mass is 10.1. The highest BCUT2D eigenvalue weighted by Crippen LogP contribution is 2.36. The fourth-order valence-electron chi connectivity index (χ4n) is 4.28. The van der Waals surface area contributed by atoms with Gasteiger partial charge in [0.25, 0.3) is 5.56 Å². The number of para-hydroxylation sites is 1. The van der Waals surface area contributed by atoms with Crippen LogP contribution in [0.25, 0.3) is 27.5 Å². The van der Waals surface area contributed by atoms with Crippen molar-refractivity contribution in [2.45, 2.75) is 24.8 Å². The summed E-state index contributed by atoms with van der Waals surface area (Å²) in [7, 11) is 0. The molecule has 7 nitrogen and oxygen atoms in total. The van der Waals surface area contributed by atoms with Gasteiger partial charge in [0.05, 0.1) is 22.1 Å². The molecule has 9 heteroatoms. The molecule has 0 spiro atoms. The number of H-pyrrole nitrogens is 1. The predicted molar refractivity (Wildman–Crippen MR) is 143 cm³/mol. The predicted octanol–water partition coefficient (Wildman–Crippen LogP) is 5.56. The highest BCUT2D eigenvalue weighted by molar-refractivity contribution is 7.99. The molecular weight excluding hydrogens is 482 g/mol. The minimum Gasteiger partial charge on any atom is -0.361 e. The highest BCUT2D eigenvalue weighted by Gasteiger charge is 2.24. The molecule has 0 saturated heterocycles. The van der Waals surface area contributed by atoms with Gasteiger partial charge in [0.2, 0.25) is 0 Å². The van der Waals surface area contributed by atoms with Gasteiger partial charge in [-0.2, -0.15) is 0 Å². The number of pyridine rings is 2. The van der Waals surface area contributed by atoms with E-state index < -0.39 is 6.04 Å². The average molecular weight is 504 g/mol. The fourth-order valence-corrected chi connectivity index (χ4v) is 5.51. The number of hydrogen-bond acceptors (Lipinski definition) is 6. The van der Waals surface area contributed by atoms with Crippen LogP contribution in [0.1, 0.15) is 25.6 Å². The van der Waals surface area contributed by atoms with Crippen molar-refractivity contribution >= 4 is 51.0 Å². The largest absolute Gasteiger partial charge is 0.361 e. The molecule has 35 heavy (non-hydrogen) atoms. The van der Waals surface area contributed by atoms with E-state index in [1.165, 1.54) is 12.4 Å². The Morgan fingerprint density at radius 2 is 1.86 bits per heavy atom. The van der Waals surface area contributed by atoms with Crippen LogP contribution in [-0.4, -0.2) is 25.3 Å². The van der Waals surface area contributed by atoms with E-state index in [1.54, 1.807) is 22.5 Å². The van der Waals surface area contributed by atoms with Crippen LogP contribution in [0.5, 0.6) is 0 Å². The maximum Gasteiger partial charge on any atom is 0.264 e. The number of nitrogens with one attached hydrogen (secondary N) is 2. The normalized spacial score (nSPS) is 12.2. The fraction of sp³-hybridized carbons (Fsp3) is 0.154. The molecule has 3 aromatic heterocycles. The minimum atomic E-state index is -0.472. The third-order valence-electron chi connectivity index (χ3n) is 5.77. The summed E-state index contributed by atoms with van der Waals surface area (Å²) in [6.07, 6.45) is 2.93. The van der Waals surface area contributed by atoms with Crippen LogP contribution < -0.4 is 16.3 Å². The number of rotatable bonds is 6. The van der Waals surface area contributed by atoms with E-state index in [4.69, 9.17) is 11.6 Å². The summed E-state index contributed by atoms with van der Waals surface area (Å²) in [5.41, 5.74) is 1.34. The van der Waals surface area contributed by atoms with Gasteiger partial charge in [0, 0.05) is 28.2 Å². The number of halogens is 1. The summed E-state index contributed by atoms with van der Waals surface area (Å²) < 4.78 is 1.65. The van der Waals surface area contributed by atoms with Crippen LogP contribution in [0.3, 0.4) is 0 Å². The molecule has 0 fully saturated rings. The van der Waals surface area contributed by atoms with Gasteiger partial charge in [-0.3, -0.25) is 14.2 Å². The number of aromatic nitrogens is 4. The Bertz CT molecular complexity index is 1660. The molecule has 0 bridgehead atoms. The standard InChI is InChI=1S/C26H22ClN5O2S/c1-3-35-19-11-7-10-17-20(19)26(34)32(16-8-5-4-6-9-16)23(22(17)27)15(2)31-25-21-18(33)12-13-28-24(21)29-14-30-25/h4-15H,3H2,1-2H3,(H2,28,29,30,31,33)/t15-/m0/s1. The van der Waals surface area contributed by atoms with E-state index in [9.17, 15) is 9.59 Å². The first-order valence-corrected chi connectivity index (χ1v) is 12.5. The molecule has 0 amide bonds. The van der Waals surface area contributed by atoms with E-state index in [0.29, 0.717) is 44.0 Å². The number of thioether (sulfide) groups is 1. The van der Waals surface area contributed by atoms with Gasteiger partial charge in [-0.1, -0.05) is 48.9 Å². The number of nitrogens with zero attached hydrogens (tertiary/aromatic N) is 3.